The average Bonchev–Trinajstić information content (AvgIpc) is 2.65. The second-order valence-corrected chi connectivity index (χ2v) is 3.85. The predicted molar refractivity (Wildman–Crippen MR) is 59.2 cm³/mol. The molecular weight excluding hydrogens is 242 g/mol. The fraction of sp³-hybridized carbons (Fsp3) is 0.100. The summed E-state index contributed by atoms with van der Waals surface area (Å²) in [6.07, 6.45) is 3.55. The lowest BCUT2D eigenvalue weighted by Crippen LogP contribution is -2.04. The lowest BCUT2D eigenvalue weighted by atomic mass is 10.3. The molecule has 0 atom stereocenters. The summed E-state index contributed by atoms with van der Waals surface area (Å²) in [5.74, 6) is 0. The Hall–Kier alpha value is -1.13. The van der Waals surface area contributed by atoms with Gasteiger partial charge in [0.15, 0.2) is 0 Å². The van der Waals surface area contributed by atoms with Crippen LogP contribution in [0.25, 0.3) is 5.69 Å². The van der Waals surface area contributed by atoms with Crippen molar-refractivity contribution in [3.8, 4) is 5.69 Å². The zero-order valence-electron chi connectivity index (χ0n) is 7.52. The number of imidazole rings is 1. The molecule has 0 saturated carbocycles. The van der Waals surface area contributed by atoms with Crippen LogP contribution in [0, 0.1) is 0 Å². The molecule has 0 aliphatic carbocycles. The van der Waals surface area contributed by atoms with Crippen molar-refractivity contribution < 1.29 is 0 Å². The first kappa shape index (κ1) is 9.43. The van der Waals surface area contributed by atoms with Crippen LogP contribution < -0.4 is 5.73 Å². The van der Waals surface area contributed by atoms with Crippen LogP contribution in [0.2, 0.25) is 0 Å². The Morgan fingerprint density at radius 1 is 1.43 bits per heavy atom. The fourth-order valence-corrected chi connectivity index (χ4v) is 1.72. The van der Waals surface area contributed by atoms with E-state index in [1.54, 1.807) is 12.5 Å². The van der Waals surface area contributed by atoms with Gasteiger partial charge in [0.2, 0.25) is 0 Å². The van der Waals surface area contributed by atoms with E-state index >= 15 is 0 Å². The molecule has 0 unspecified atom stereocenters. The van der Waals surface area contributed by atoms with E-state index in [4.69, 9.17) is 5.73 Å². The molecule has 0 fully saturated rings. The second kappa shape index (κ2) is 3.94. The Morgan fingerprint density at radius 3 is 3.00 bits per heavy atom. The van der Waals surface area contributed by atoms with Gasteiger partial charge in [0.1, 0.15) is 0 Å². The number of hydrogen-bond acceptors (Lipinski definition) is 2. The summed E-state index contributed by atoms with van der Waals surface area (Å²) in [6.45, 7) is 0.493. The third-order valence-corrected chi connectivity index (χ3v) is 2.50. The van der Waals surface area contributed by atoms with Gasteiger partial charge in [-0.25, -0.2) is 4.98 Å². The molecule has 0 aliphatic rings. The molecule has 3 nitrogen and oxygen atoms in total. The number of aromatic nitrogens is 2. The van der Waals surface area contributed by atoms with Crippen molar-refractivity contribution >= 4 is 15.9 Å². The van der Waals surface area contributed by atoms with E-state index in [1.807, 2.05) is 28.8 Å². The molecule has 2 rings (SSSR count). The van der Waals surface area contributed by atoms with Crippen LogP contribution in [0.1, 0.15) is 5.69 Å². The molecular formula is C10H10BrN3. The maximum atomic E-state index is 5.60. The van der Waals surface area contributed by atoms with Gasteiger partial charge in [0, 0.05) is 22.9 Å². The topological polar surface area (TPSA) is 43.8 Å². The molecule has 0 spiro atoms. The molecule has 0 radical (unpaired) electrons. The molecule has 14 heavy (non-hydrogen) atoms. The molecule has 0 bridgehead atoms. The van der Waals surface area contributed by atoms with Crippen LogP contribution >= 0.6 is 15.9 Å². The van der Waals surface area contributed by atoms with Crippen LogP contribution in [-0.2, 0) is 6.54 Å². The van der Waals surface area contributed by atoms with E-state index in [2.05, 4.69) is 20.9 Å². The Morgan fingerprint density at radius 2 is 2.29 bits per heavy atom. The Labute approximate surface area is 90.7 Å². The van der Waals surface area contributed by atoms with Crippen LogP contribution in [0.3, 0.4) is 0 Å². The number of nitrogens with zero attached hydrogens (tertiary/aromatic N) is 2. The quantitative estimate of drug-likeness (QED) is 0.889. The second-order valence-electron chi connectivity index (χ2n) is 2.94. The Bertz CT molecular complexity index is 436. The van der Waals surface area contributed by atoms with Crippen molar-refractivity contribution in [3.63, 3.8) is 0 Å². The molecule has 4 heteroatoms. The largest absolute Gasteiger partial charge is 0.325 e. The normalized spacial score (nSPS) is 10.4. The zero-order valence-corrected chi connectivity index (χ0v) is 9.11. The summed E-state index contributed by atoms with van der Waals surface area (Å²) in [5.41, 5.74) is 7.67. The SMILES string of the molecule is NCc1cncn1-c1cccc(Br)c1. The molecule has 2 aromatic rings. The molecule has 1 aromatic heterocycles. The van der Waals surface area contributed by atoms with Gasteiger partial charge in [-0.15, -0.1) is 0 Å². The molecule has 1 heterocycles. The first-order chi connectivity index (χ1) is 6.81. The summed E-state index contributed by atoms with van der Waals surface area (Å²) < 4.78 is 3.02. The maximum Gasteiger partial charge on any atom is 0.0994 e. The summed E-state index contributed by atoms with van der Waals surface area (Å²) in [5, 5.41) is 0. The lowest BCUT2D eigenvalue weighted by Gasteiger charge is -2.06. The van der Waals surface area contributed by atoms with Gasteiger partial charge >= 0.3 is 0 Å². The van der Waals surface area contributed by atoms with Crippen molar-refractivity contribution in [2.24, 2.45) is 5.73 Å². The molecule has 0 saturated heterocycles. The summed E-state index contributed by atoms with van der Waals surface area (Å²) in [7, 11) is 0. The summed E-state index contributed by atoms with van der Waals surface area (Å²) in [4.78, 5) is 4.07. The van der Waals surface area contributed by atoms with Gasteiger partial charge in [-0.2, -0.15) is 0 Å². The standard InChI is InChI=1S/C10H10BrN3/c11-8-2-1-3-9(4-8)14-7-13-6-10(14)5-12/h1-4,6-7H,5,12H2. The van der Waals surface area contributed by atoms with E-state index < -0.39 is 0 Å². The molecule has 0 amide bonds. The minimum Gasteiger partial charge on any atom is -0.325 e. The highest BCUT2D eigenvalue weighted by Gasteiger charge is 2.01. The van der Waals surface area contributed by atoms with Crippen LogP contribution in [-0.4, -0.2) is 9.55 Å². The number of nitrogens with two attached hydrogens (primary N) is 1. The molecule has 72 valence electrons. The number of halogens is 1. The van der Waals surface area contributed by atoms with Gasteiger partial charge < -0.3 is 10.3 Å². The number of hydrogen-bond donors (Lipinski definition) is 1. The number of rotatable bonds is 2. The van der Waals surface area contributed by atoms with Crippen molar-refractivity contribution in [2.75, 3.05) is 0 Å². The highest BCUT2D eigenvalue weighted by atomic mass is 79.9. The molecule has 0 aliphatic heterocycles. The number of benzene rings is 1. The maximum absolute atomic E-state index is 5.60. The van der Waals surface area contributed by atoms with Gasteiger partial charge in [-0.3, -0.25) is 0 Å². The lowest BCUT2D eigenvalue weighted by molar-refractivity contribution is 0.909. The third kappa shape index (κ3) is 1.71. The smallest absolute Gasteiger partial charge is 0.0994 e. The summed E-state index contributed by atoms with van der Waals surface area (Å²) in [6, 6.07) is 8.02. The van der Waals surface area contributed by atoms with E-state index in [0.717, 1.165) is 15.9 Å². The predicted octanol–water partition coefficient (Wildman–Crippen LogP) is 2.09. The third-order valence-electron chi connectivity index (χ3n) is 2.01. The fourth-order valence-electron chi connectivity index (χ4n) is 1.33. The monoisotopic (exact) mass is 251 g/mol. The van der Waals surface area contributed by atoms with E-state index in [-0.39, 0.29) is 0 Å². The van der Waals surface area contributed by atoms with Gasteiger partial charge in [0.05, 0.1) is 12.0 Å². The van der Waals surface area contributed by atoms with Crippen molar-refractivity contribution in [1.29, 1.82) is 0 Å². The van der Waals surface area contributed by atoms with Crippen molar-refractivity contribution in [2.45, 2.75) is 6.54 Å². The first-order valence-corrected chi connectivity index (χ1v) is 5.08. The Kier molecular flexibility index (Phi) is 2.65. The van der Waals surface area contributed by atoms with Gasteiger partial charge in [0.25, 0.3) is 0 Å². The highest BCUT2D eigenvalue weighted by molar-refractivity contribution is 9.10. The summed E-state index contributed by atoms with van der Waals surface area (Å²) >= 11 is 3.43. The minimum absolute atomic E-state index is 0.493. The average molecular weight is 252 g/mol. The van der Waals surface area contributed by atoms with Gasteiger partial charge in [-0.1, -0.05) is 22.0 Å². The molecule has 1 aromatic carbocycles. The first-order valence-electron chi connectivity index (χ1n) is 4.28. The Balaban J connectivity index is 2.49. The van der Waals surface area contributed by atoms with Crippen LogP contribution in [0.5, 0.6) is 0 Å². The van der Waals surface area contributed by atoms with Crippen molar-refractivity contribution in [1.82, 2.24) is 9.55 Å². The minimum atomic E-state index is 0.493. The van der Waals surface area contributed by atoms with Crippen molar-refractivity contribution in [3.05, 3.63) is 47.0 Å². The highest BCUT2D eigenvalue weighted by Crippen LogP contribution is 2.16. The zero-order chi connectivity index (χ0) is 9.97. The van der Waals surface area contributed by atoms with E-state index in [1.165, 1.54) is 0 Å². The van der Waals surface area contributed by atoms with Gasteiger partial charge in [-0.05, 0) is 18.2 Å². The van der Waals surface area contributed by atoms with Crippen LogP contribution in [0.4, 0.5) is 0 Å². The van der Waals surface area contributed by atoms with E-state index in [9.17, 15) is 0 Å². The molecule has 2 N–H and O–H groups in total. The van der Waals surface area contributed by atoms with E-state index in [0.29, 0.717) is 6.54 Å². The van der Waals surface area contributed by atoms with Crippen LogP contribution in [0.15, 0.2) is 41.3 Å².